The Hall–Kier alpha value is -7.30. The van der Waals surface area contributed by atoms with Gasteiger partial charge in [0.05, 0.1) is 22.1 Å². The smallest absolute Gasteiger partial charge is 0.132 e. The minimum Gasteiger partial charge on any atom is -0.309 e. The van der Waals surface area contributed by atoms with Crippen molar-refractivity contribution in [1.82, 2.24) is 9.13 Å². The van der Waals surface area contributed by atoms with Gasteiger partial charge >= 0.3 is 0 Å². The molecule has 0 aliphatic carbocycles. The minimum absolute atomic E-state index is 0.317. The quantitative estimate of drug-likeness (QED) is 0.145. The number of aromatic nitrogens is 2. The molecule has 10 rings (SSSR count). The summed E-state index contributed by atoms with van der Waals surface area (Å²) in [6.07, 6.45) is 7.54. The van der Waals surface area contributed by atoms with E-state index in [2.05, 4.69) is 75.9 Å². The van der Waals surface area contributed by atoms with Gasteiger partial charge in [0.1, 0.15) is 11.6 Å². The molecule has 2 heterocycles. The molecule has 4 heteroatoms. The second kappa shape index (κ2) is 13.8. The monoisotopic (exact) mass is 724 g/mol. The van der Waals surface area contributed by atoms with Crippen LogP contribution in [0.5, 0.6) is 0 Å². The average Bonchev–Trinajstić information content (AvgIpc) is 3.76. The van der Waals surface area contributed by atoms with Crippen molar-refractivity contribution in [3.63, 3.8) is 0 Å². The lowest BCUT2D eigenvalue weighted by molar-refractivity contribution is 0.624. The summed E-state index contributed by atoms with van der Waals surface area (Å²) < 4.78 is 36.3. The molecule has 2 aromatic heterocycles. The van der Waals surface area contributed by atoms with E-state index < -0.39 is 0 Å². The van der Waals surface area contributed by atoms with Crippen molar-refractivity contribution in [3.8, 4) is 22.5 Å². The van der Waals surface area contributed by atoms with Gasteiger partial charge in [0, 0.05) is 44.0 Å². The van der Waals surface area contributed by atoms with Crippen LogP contribution >= 0.6 is 0 Å². The largest absolute Gasteiger partial charge is 0.309 e. The van der Waals surface area contributed by atoms with Gasteiger partial charge in [-0.3, -0.25) is 0 Å². The Morgan fingerprint density at radius 3 is 1.21 bits per heavy atom. The summed E-state index contributed by atoms with van der Waals surface area (Å²) >= 11 is 0. The normalized spacial score (nSPS) is 12.0. The number of hydrogen-bond donors (Lipinski definition) is 0. The van der Waals surface area contributed by atoms with Crippen molar-refractivity contribution in [1.29, 1.82) is 0 Å². The number of benzene rings is 8. The van der Waals surface area contributed by atoms with Crippen LogP contribution in [0, 0.1) is 11.6 Å². The highest BCUT2D eigenvalue weighted by Gasteiger charge is 2.15. The molecule has 0 unspecified atom stereocenters. The summed E-state index contributed by atoms with van der Waals surface area (Å²) in [7, 11) is 0. The van der Waals surface area contributed by atoms with Gasteiger partial charge < -0.3 is 9.13 Å². The molecule has 0 spiro atoms. The number of hydrogen-bond acceptors (Lipinski definition) is 0. The predicted octanol–water partition coefficient (Wildman–Crippen LogP) is 14.2. The van der Waals surface area contributed by atoms with Gasteiger partial charge in [-0.1, -0.05) is 146 Å². The maximum absolute atomic E-state index is 16.1. The van der Waals surface area contributed by atoms with Crippen molar-refractivity contribution < 1.29 is 8.78 Å². The third kappa shape index (κ3) is 5.71. The van der Waals surface area contributed by atoms with E-state index in [0.29, 0.717) is 11.1 Å². The first-order chi connectivity index (χ1) is 27.6. The van der Waals surface area contributed by atoms with Crippen molar-refractivity contribution in [2.45, 2.75) is 0 Å². The standard InChI is InChI=1S/C52H34F2N2/c53-47-33-39(55-49-21-8-4-16-43(49)44-17-5-9-22-50(44)55)30-27-37(47)26-25-36-15-12-20-41(35-13-2-1-3-14-35)42(36)32-29-38-28-31-40(34-48(38)54)56-51-23-10-6-18-45(51)46-19-7-11-24-52(46)56/h1-34H. The van der Waals surface area contributed by atoms with Crippen LogP contribution in [0.15, 0.2) is 182 Å². The highest BCUT2D eigenvalue weighted by molar-refractivity contribution is 6.10. The lowest BCUT2D eigenvalue weighted by Gasteiger charge is -2.12. The Labute approximate surface area is 323 Å². The van der Waals surface area contributed by atoms with Gasteiger partial charge in [-0.05, 0) is 82.9 Å². The van der Waals surface area contributed by atoms with Crippen LogP contribution < -0.4 is 0 Å². The fraction of sp³-hybridized carbons (Fsp3) is 0. The molecular weight excluding hydrogens is 691 g/mol. The fourth-order valence-electron chi connectivity index (χ4n) is 8.12. The molecule has 0 bridgehead atoms. The number of nitrogens with zero attached hydrogens (tertiary/aromatic N) is 2. The SMILES string of the molecule is Fc1cc(-n2c3ccccc3c3ccccc32)ccc1C=Cc1cccc(-c2ccccc2)c1C=Cc1ccc(-n2c3ccccc3c3ccccc32)cc1F. The van der Waals surface area contributed by atoms with Crippen LogP contribution in [0.1, 0.15) is 22.3 Å². The lowest BCUT2D eigenvalue weighted by Crippen LogP contribution is -1.96. The van der Waals surface area contributed by atoms with Crippen LogP contribution in [-0.2, 0) is 0 Å². The Kier molecular flexibility index (Phi) is 8.23. The highest BCUT2D eigenvalue weighted by Crippen LogP contribution is 2.35. The molecule has 0 N–H and O–H groups in total. The summed E-state index contributed by atoms with van der Waals surface area (Å²) in [6, 6.07) is 59.9. The first-order valence-corrected chi connectivity index (χ1v) is 18.7. The van der Waals surface area contributed by atoms with Gasteiger partial charge in [-0.25, -0.2) is 8.78 Å². The van der Waals surface area contributed by atoms with E-state index in [9.17, 15) is 0 Å². The van der Waals surface area contributed by atoms with E-state index in [-0.39, 0.29) is 11.6 Å². The topological polar surface area (TPSA) is 9.86 Å². The van der Waals surface area contributed by atoms with Crippen molar-refractivity contribution in [2.75, 3.05) is 0 Å². The maximum Gasteiger partial charge on any atom is 0.132 e. The molecule has 56 heavy (non-hydrogen) atoms. The van der Waals surface area contributed by atoms with Crippen LogP contribution in [0.3, 0.4) is 0 Å². The number of rotatable bonds is 7. The van der Waals surface area contributed by atoms with E-state index in [1.807, 2.05) is 127 Å². The zero-order chi connectivity index (χ0) is 37.6. The molecule has 266 valence electrons. The van der Waals surface area contributed by atoms with Crippen LogP contribution in [-0.4, -0.2) is 9.13 Å². The third-order valence-corrected chi connectivity index (χ3v) is 10.7. The number of para-hydroxylation sites is 4. The highest BCUT2D eigenvalue weighted by atomic mass is 19.1. The second-order valence-corrected chi connectivity index (χ2v) is 14.0. The van der Waals surface area contributed by atoms with Crippen LogP contribution in [0.4, 0.5) is 8.78 Å². The van der Waals surface area contributed by atoms with Crippen LogP contribution in [0.2, 0.25) is 0 Å². The molecule has 10 aromatic rings. The first kappa shape index (κ1) is 33.3. The summed E-state index contributed by atoms with van der Waals surface area (Å²) in [4.78, 5) is 0. The predicted molar refractivity (Wildman–Crippen MR) is 231 cm³/mol. The Balaban J connectivity index is 1.02. The number of fused-ring (bicyclic) bond motifs is 6. The zero-order valence-electron chi connectivity index (χ0n) is 30.3. The molecule has 0 aliphatic heterocycles. The van der Waals surface area contributed by atoms with E-state index in [1.165, 1.54) is 0 Å². The number of halogens is 2. The van der Waals surface area contributed by atoms with E-state index in [0.717, 1.165) is 77.2 Å². The average molecular weight is 725 g/mol. The fourth-order valence-corrected chi connectivity index (χ4v) is 8.12. The molecule has 0 radical (unpaired) electrons. The molecule has 0 saturated carbocycles. The van der Waals surface area contributed by atoms with Gasteiger partial charge in [0.2, 0.25) is 0 Å². The van der Waals surface area contributed by atoms with Gasteiger partial charge in [-0.2, -0.15) is 0 Å². The van der Waals surface area contributed by atoms with Gasteiger partial charge in [0.15, 0.2) is 0 Å². The molecule has 0 fully saturated rings. The van der Waals surface area contributed by atoms with Crippen LogP contribution in [0.25, 0.3) is 90.4 Å². The molecular formula is C52H34F2N2. The van der Waals surface area contributed by atoms with E-state index >= 15 is 8.78 Å². The summed E-state index contributed by atoms with van der Waals surface area (Å²) in [5.41, 5.74) is 10.4. The van der Waals surface area contributed by atoms with E-state index in [1.54, 1.807) is 12.1 Å². The Morgan fingerprint density at radius 2 is 0.750 bits per heavy atom. The molecule has 0 amide bonds. The Morgan fingerprint density at radius 1 is 0.339 bits per heavy atom. The van der Waals surface area contributed by atoms with Crippen molar-refractivity contribution in [3.05, 3.63) is 216 Å². The summed E-state index contributed by atoms with van der Waals surface area (Å²) in [6.45, 7) is 0. The summed E-state index contributed by atoms with van der Waals surface area (Å²) in [5, 5.41) is 4.52. The zero-order valence-corrected chi connectivity index (χ0v) is 30.3. The first-order valence-electron chi connectivity index (χ1n) is 18.7. The van der Waals surface area contributed by atoms with E-state index in [4.69, 9.17) is 0 Å². The van der Waals surface area contributed by atoms with Crippen molar-refractivity contribution >= 4 is 67.9 Å². The molecule has 8 aromatic carbocycles. The molecule has 0 saturated heterocycles. The summed E-state index contributed by atoms with van der Waals surface area (Å²) in [5.74, 6) is -0.636. The van der Waals surface area contributed by atoms with Gasteiger partial charge in [0.25, 0.3) is 0 Å². The molecule has 0 aliphatic rings. The molecule has 2 nitrogen and oxygen atoms in total. The minimum atomic E-state index is -0.319. The molecule has 0 atom stereocenters. The van der Waals surface area contributed by atoms with Gasteiger partial charge in [-0.15, -0.1) is 0 Å². The lowest BCUT2D eigenvalue weighted by atomic mass is 9.94. The Bertz CT molecular complexity index is 3060. The second-order valence-electron chi connectivity index (χ2n) is 14.0. The maximum atomic E-state index is 16.1. The third-order valence-electron chi connectivity index (χ3n) is 10.7. The van der Waals surface area contributed by atoms with Crippen molar-refractivity contribution in [2.24, 2.45) is 0 Å².